The lowest BCUT2D eigenvalue weighted by Gasteiger charge is -2.44. The van der Waals surface area contributed by atoms with Gasteiger partial charge in [0.15, 0.2) is 0 Å². The van der Waals surface area contributed by atoms with Crippen molar-refractivity contribution in [1.82, 2.24) is 9.97 Å². The molecule has 0 aliphatic carbocycles. The van der Waals surface area contributed by atoms with E-state index in [4.69, 9.17) is 16.3 Å². The number of ether oxygens (including phenoxy) is 1. The van der Waals surface area contributed by atoms with Crippen LogP contribution in [0.1, 0.15) is 17.0 Å². The molecule has 6 nitrogen and oxygen atoms in total. The molecule has 1 aromatic carbocycles. The summed E-state index contributed by atoms with van der Waals surface area (Å²) in [5.41, 5.74) is 1.45. The number of aliphatic imine (C=N–C) groups is 1. The Morgan fingerprint density at radius 3 is 2.93 bits per heavy atom. The largest absolute Gasteiger partial charge is 0.463 e. The van der Waals surface area contributed by atoms with Crippen molar-refractivity contribution in [2.24, 2.45) is 10.9 Å². The lowest BCUT2D eigenvalue weighted by atomic mass is 9.70. The van der Waals surface area contributed by atoms with E-state index in [0.29, 0.717) is 24.8 Å². The van der Waals surface area contributed by atoms with Gasteiger partial charge in [0.05, 0.1) is 12.3 Å². The van der Waals surface area contributed by atoms with E-state index in [-0.39, 0.29) is 17.8 Å². The Labute approximate surface area is 161 Å². The van der Waals surface area contributed by atoms with Gasteiger partial charge in [0, 0.05) is 30.5 Å². The van der Waals surface area contributed by atoms with Crippen molar-refractivity contribution < 1.29 is 9.53 Å². The van der Waals surface area contributed by atoms with Gasteiger partial charge < -0.3 is 9.64 Å². The lowest BCUT2D eigenvalue weighted by Crippen LogP contribution is -2.54. The van der Waals surface area contributed by atoms with E-state index < -0.39 is 5.54 Å². The summed E-state index contributed by atoms with van der Waals surface area (Å²) in [5, 5.41) is 0.368. The molecule has 2 aromatic rings. The SMILES string of the molecule is C=CCN1C[C@H]2COC(=O)[C@]3(N=C3c3ccccc3)[C@H]2c2c(Cl)ncnc21. The van der Waals surface area contributed by atoms with Crippen LogP contribution < -0.4 is 4.90 Å². The van der Waals surface area contributed by atoms with E-state index in [1.807, 2.05) is 36.4 Å². The van der Waals surface area contributed by atoms with Crippen LogP contribution in [0.25, 0.3) is 0 Å². The first-order chi connectivity index (χ1) is 13.2. The van der Waals surface area contributed by atoms with Crippen LogP contribution in [0.4, 0.5) is 5.82 Å². The number of carbonyl (C=O) groups is 1. The molecule has 0 radical (unpaired) electrons. The number of carbonyl (C=O) groups excluding carboxylic acids is 1. The number of nitrogens with zero attached hydrogens (tertiary/aromatic N) is 4. The molecule has 0 unspecified atom stereocenters. The lowest BCUT2D eigenvalue weighted by molar-refractivity contribution is -0.154. The molecule has 5 rings (SSSR count). The van der Waals surface area contributed by atoms with Crippen LogP contribution in [-0.4, -0.2) is 46.9 Å². The Morgan fingerprint density at radius 2 is 2.15 bits per heavy atom. The molecule has 136 valence electrons. The predicted octanol–water partition coefficient (Wildman–Crippen LogP) is 2.63. The molecular weight excluding hydrogens is 364 g/mol. The van der Waals surface area contributed by atoms with Gasteiger partial charge in [-0.25, -0.2) is 14.8 Å². The molecule has 0 amide bonds. The minimum atomic E-state index is -1.02. The van der Waals surface area contributed by atoms with Gasteiger partial charge in [-0.05, 0) is 5.56 Å². The fourth-order valence-corrected chi connectivity index (χ4v) is 4.67. The number of rotatable bonds is 3. The fraction of sp³-hybridized carbons (Fsp3) is 0.300. The summed E-state index contributed by atoms with van der Waals surface area (Å²) < 4.78 is 5.57. The Bertz CT molecular complexity index is 977. The minimum Gasteiger partial charge on any atom is -0.463 e. The maximum atomic E-state index is 12.9. The molecule has 3 aliphatic heterocycles. The topological polar surface area (TPSA) is 67.7 Å². The molecule has 0 saturated carbocycles. The number of aromatic nitrogens is 2. The van der Waals surface area contributed by atoms with Gasteiger partial charge in [-0.3, -0.25) is 4.99 Å². The second kappa shape index (κ2) is 5.89. The molecule has 7 heteroatoms. The molecular formula is C20H17ClN4O2. The minimum absolute atomic E-state index is 0.0589. The highest BCUT2D eigenvalue weighted by atomic mass is 35.5. The van der Waals surface area contributed by atoms with Crippen LogP contribution in [0.15, 0.2) is 54.3 Å². The second-order valence-corrected chi connectivity index (χ2v) is 7.38. The van der Waals surface area contributed by atoms with Gasteiger partial charge >= 0.3 is 5.97 Å². The molecule has 4 heterocycles. The van der Waals surface area contributed by atoms with E-state index >= 15 is 0 Å². The van der Waals surface area contributed by atoms with E-state index in [9.17, 15) is 4.79 Å². The molecule has 1 saturated heterocycles. The van der Waals surface area contributed by atoms with Crippen molar-refractivity contribution in [1.29, 1.82) is 0 Å². The average Bonchev–Trinajstić information content (AvgIpc) is 3.43. The fourth-order valence-electron chi connectivity index (χ4n) is 4.42. The third-order valence-electron chi connectivity index (χ3n) is 5.54. The maximum absolute atomic E-state index is 12.9. The Kier molecular flexibility index (Phi) is 3.59. The number of halogens is 1. The van der Waals surface area contributed by atoms with Gasteiger partial charge in [-0.1, -0.05) is 48.0 Å². The van der Waals surface area contributed by atoms with Crippen LogP contribution in [0, 0.1) is 5.92 Å². The maximum Gasteiger partial charge on any atom is 0.341 e. The summed E-state index contributed by atoms with van der Waals surface area (Å²) in [6, 6.07) is 9.73. The van der Waals surface area contributed by atoms with Crippen LogP contribution >= 0.6 is 11.6 Å². The van der Waals surface area contributed by atoms with Gasteiger partial charge in [0.1, 0.15) is 17.3 Å². The number of cyclic esters (lactones) is 1. The molecule has 1 spiro atoms. The second-order valence-electron chi connectivity index (χ2n) is 7.02. The molecule has 0 bridgehead atoms. The number of anilines is 1. The van der Waals surface area contributed by atoms with Crippen molar-refractivity contribution in [2.75, 3.05) is 24.6 Å². The normalized spacial score (nSPS) is 28.1. The highest BCUT2D eigenvalue weighted by molar-refractivity contribution is 6.32. The number of hydrogen-bond donors (Lipinski definition) is 0. The molecule has 1 fully saturated rings. The molecule has 3 aliphatic rings. The molecule has 3 atom stereocenters. The van der Waals surface area contributed by atoms with Crippen LogP contribution in [0.3, 0.4) is 0 Å². The summed E-state index contributed by atoms with van der Waals surface area (Å²) in [7, 11) is 0. The molecule has 0 N–H and O–H groups in total. The first-order valence-corrected chi connectivity index (χ1v) is 9.24. The standard InChI is InChI=1S/C20H17ClN4O2/c1-2-8-25-9-13-10-27-19(26)20(16(24-20)12-6-4-3-5-7-12)15(13)14-17(21)22-11-23-18(14)25/h2-7,11,13,15H,1,8-10H2/t13-,15+,20-/m0/s1. The van der Waals surface area contributed by atoms with Gasteiger partial charge in [0.2, 0.25) is 5.54 Å². The van der Waals surface area contributed by atoms with E-state index in [1.54, 1.807) is 0 Å². The summed E-state index contributed by atoms with van der Waals surface area (Å²) in [6.07, 6.45) is 3.28. The van der Waals surface area contributed by atoms with Crippen LogP contribution in [0.5, 0.6) is 0 Å². The Morgan fingerprint density at radius 1 is 1.33 bits per heavy atom. The average molecular weight is 381 g/mol. The van der Waals surface area contributed by atoms with Gasteiger partial charge in [0.25, 0.3) is 0 Å². The zero-order valence-electron chi connectivity index (χ0n) is 14.5. The summed E-state index contributed by atoms with van der Waals surface area (Å²) in [6.45, 7) is 5.50. The summed E-state index contributed by atoms with van der Waals surface area (Å²) >= 11 is 6.52. The number of esters is 1. The summed E-state index contributed by atoms with van der Waals surface area (Å²) in [4.78, 5) is 28.3. The van der Waals surface area contributed by atoms with E-state index in [0.717, 1.165) is 22.7 Å². The molecule has 1 aromatic heterocycles. The predicted molar refractivity (Wildman–Crippen MR) is 102 cm³/mol. The van der Waals surface area contributed by atoms with E-state index in [2.05, 4.69) is 26.4 Å². The van der Waals surface area contributed by atoms with Crippen LogP contribution in [-0.2, 0) is 9.53 Å². The van der Waals surface area contributed by atoms with Crippen molar-refractivity contribution in [3.63, 3.8) is 0 Å². The van der Waals surface area contributed by atoms with Gasteiger partial charge in [-0.15, -0.1) is 6.58 Å². The van der Waals surface area contributed by atoms with Crippen LogP contribution in [0.2, 0.25) is 5.15 Å². The first-order valence-electron chi connectivity index (χ1n) is 8.86. The molecule has 27 heavy (non-hydrogen) atoms. The Hall–Kier alpha value is -2.73. The third kappa shape index (κ3) is 2.26. The number of benzene rings is 1. The van der Waals surface area contributed by atoms with Crippen molar-refractivity contribution in [2.45, 2.75) is 11.5 Å². The third-order valence-corrected chi connectivity index (χ3v) is 5.84. The van der Waals surface area contributed by atoms with E-state index in [1.165, 1.54) is 6.33 Å². The van der Waals surface area contributed by atoms with Gasteiger partial charge in [-0.2, -0.15) is 0 Å². The quantitative estimate of drug-likeness (QED) is 0.465. The first kappa shape index (κ1) is 16.4. The Balaban J connectivity index is 1.65. The van der Waals surface area contributed by atoms with Crippen molar-refractivity contribution in [3.05, 3.63) is 65.6 Å². The number of hydrogen-bond acceptors (Lipinski definition) is 6. The zero-order valence-corrected chi connectivity index (χ0v) is 15.3. The zero-order chi connectivity index (χ0) is 18.6. The van der Waals surface area contributed by atoms with Crippen molar-refractivity contribution >= 4 is 29.1 Å². The summed E-state index contributed by atoms with van der Waals surface area (Å²) in [5.74, 6) is 0.271. The number of fused-ring (bicyclic) bond motifs is 4. The van der Waals surface area contributed by atoms with Crippen molar-refractivity contribution in [3.8, 4) is 0 Å². The highest BCUT2D eigenvalue weighted by Gasteiger charge is 2.67. The highest BCUT2D eigenvalue weighted by Crippen LogP contribution is 2.56. The monoisotopic (exact) mass is 380 g/mol. The smallest absolute Gasteiger partial charge is 0.341 e.